The van der Waals surface area contributed by atoms with Crippen molar-refractivity contribution in [3.05, 3.63) is 0 Å². The molecule has 0 fully saturated rings. The van der Waals surface area contributed by atoms with Crippen LogP contribution in [0.2, 0.25) is 0 Å². The maximum atomic E-state index is 9.70. The van der Waals surface area contributed by atoms with Crippen LogP contribution in [0.25, 0.3) is 0 Å². The molecule has 0 aliphatic heterocycles. The molecule has 12 N–H and O–H groups in total. The first-order chi connectivity index (χ1) is 32.0. The summed E-state index contributed by atoms with van der Waals surface area (Å²) in [6, 6.07) is 0. The number of carbonyl (C=O) groups excluding carboxylic acids is 4. The average molecular weight is 1020 g/mol. The Morgan fingerprint density at radius 3 is 0.324 bits per heavy atom. The minimum Gasteiger partial charge on any atom is -0.481 e. The second kappa shape index (κ2) is 426. The summed E-state index contributed by atoms with van der Waals surface area (Å²) in [5.74, 6) is -3.81. The number of aliphatic carboxylic acids is 4. The molecule has 0 rings (SSSR count). The van der Waals surface area contributed by atoms with Crippen molar-refractivity contribution in [1.82, 2.24) is 10.6 Å². The highest BCUT2D eigenvalue weighted by Gasteiger charge is 1.76. The Morgan fingerprint density at radius 1 is 0.294 bits per heavy atom. The van der Waals surface area contributed by atoms with Gasteiger partial charge in [0.25, 0.3) is 23.9 Å². The summed E-state index contributed by atoms with van der Waals surface area (Å²) in [4.78, 5) is 74.6. The van der Waals surface area contributed by atoms with Crippen molar-refractivity contribution < 1.29 is 78.5 Å². The second-order valence-electron chi connectivity index (χ2n) is 5.08. The first-order valence-electron chi connectivity index (χ1n) is 23.3. The Balaban J connectivity index is -0.0000000137. The third-order valence-corrected chi connectivity index (χ3v) is 1.28. The first-order valence-corrected chi connectivity index (χ1v) is 23.3. The van der Waals surface area contributed by atoms with Crippen LogP contribution in [0.15, 0.2) is 0 Å². The maximum Gasteiger partial charge on any atom is 0.302 e. The second-order valence-corrected chi connectivity index (χ2v) is 5.08. The molecule has 0 bridgehead atoms. The molecule has 0 heterocycles. The quantitative estimate of drug-likeness (QED) is 0.101. The number of aliphatic hydroxyl groups is 2. The highest BCUT2D eigenvalue weighted by Crippen LogP contribution is 1.61. The van der Waals surface area contributed by atoms with Crippen molar-refractivity contribution in [2.45, 2.75) is 222 Å². The smallest absolute Gasteiger partial charge is 0.302 e. The number of hydrogen-bond acceptors (Lipinski definition) is 14. The third kappa shape index (κ3) is 17500. The van der Waals surface area contributed by atoms with Crippen LogP contribution in [0.4, 0.5) is 0 Å². The number of aliphatic hydroxyl groups excluding tert-OH is 2. The van der Waals surface area contributed by atoms with Gasteiger partial charge in [0.15, 0.2) is 0 Å². The number of methoxy groups -OCH3 is 2. The van der Waals surface area contributed by atoms with E-state index in [9.17, 15) is 19.2 Å². The van der Waals surface area contributed by atoms with Crippen LogP contribution in [0.1, 0.15) is 222 Å². The number of carboxylic acids is 4. The summed E-state index contributed by atoms with van der Waals surface area (Å²) < 4.78 is 8.22. The fourth-order valence-corrected chi connectivity index (χ4v) is 0. The Hall–Kier alpha value is -4.40. The molecule has 68 heavy (non-hydrogen) atoms. The van der Waals surface area contributed by atoms with E-state index in [1.807, 2.05) is 166 Å². The van der Waals surface area contributed by atoms with Crippen LogP contribution in [0, 0.1) is 0 Å². The largest absolute Gasteiger partial charge is 0.481 e. The van der Waals surface area contributed by atoms with Crippen molar-refractivity contribution in [1.29, 1.82) is 0 Å². The molecule has 0 aliphatic rings. The zero-order valence-electron chi connectivity index (χ0n) is 52.9. The molecule has 0 saturated heterocycles. The van der Waals surface area contributed by atoms with Gasteiger partial charge in [-0.2, -0.15) is 0 Å². The van der Waals surface area contributed by atoms with Gasteiger partial charge in [-0.3, -0.25) is 38.4 Å². The number of esters is 2. The van der Waals surface area contributed by atoms with Crippen LogP contribution in [0.5, 0.6) is 0 Å². The molecule has 0 aromatic heterocycles. The summed E-state index contributed by atoms with van der Waals surface area (Å²) in [7, 11) is 10.9. The van der Waals surface area contributed by atoms with Crippen molar-refractivity contribution in [2.24, 2.45) is 11.5 Å². The van der Waals surface area contributed by atoms with Gasteiger partial charge in [-0.25, -0.2) is 0 Å². The predicted octanol–water partition coefficient (Wildman–Crippen LogP) is 10.9. The topological polar surface area (TPSA) is 353 Å². The molecule has 0 radical (unpaired) electrons. The number of hydrogen-bond donors (Lipinski definition) is 10. The third-order valence-electron chi connectivity index (χ3n) is 1.28. The lowest BCUT2D eigenvalue weighted by Crippen LogP contribution is -2.11. The highest BCUT2D eigenvalue weighted by atomic mass is 16.5. The van der Waals surface area contributed by atoms with Gasteiger partial charge in [0.05, 0.1) is 14.2 Å². The number of nitrogens with one attached hydrogen (secondary N) is 2. The van der Waals surface area contributed by atoms with Crippen molar-refractivity contribution in [2.75, 3.05) is 56.6 Å². The summed E-state index contributed by atoms with van der Waals surface area (Å²) in [6.45, 7) is 58.0. The van der Waals surface area contributed by atoms with Crippen molar-refractivity contribution in [3.8, 4) is 0 Å². The number of carboxylic acid groups (broad SMARTS) is 4. The van der Waals surface area contributed by atoms with Gasteiger partial charge in [-0.05, 0) is 14.1 Å². The molecule has 0 spiro atoms. The molecule has 20 nitrogen and oxygen atoms in total. The van der Waals surface area contributed by atoms with E-state index < -0.39 is 23.9 Å². The Kier molecular flexibility index (Phi) is 997. The molecule has 0 saturated carbocycles. The zero-order valence-corrected chi connectivity index (χ0v) is 52.9. The Labute approximate surface area is 425 Å². The number of nitrogens with two attached hydrogens (primary N) is 2. The molecule has 0 unspecified atom stereocenters. The summed E-state index contributed by atoms with van der Waals surface area (Å²) in [5, 5.41) is 48.4. The van der Waals surface area contributed by atoms with Crippen LogP contribution in [-0.2, 0) is 47.8 Å². The average Bonchev–Trinajstić information content (AvgIpc) is 3.38. The minimum absolute atomic E-state index is 0.00463. The fourth-order valence-electron chi connectivity index (χ4n) is 0. The van der Waals surface area contributed by atoms with Crippen LogP contribution in [0.3, 0.4) is 0 Å². The maximum absolute atomic E-state index is 9.70. The van der Waals surface area contributed by atoms with Gasteiger partial charge in [0, 0.05) is 83.7 Å². The molecule has 0 aromatic carbocycles. The van der Waals surface area contributed by atoms with Crippen LogP contribution >= 0.6 is 0 Å². The van der Waals surface area contributed by atoms with Gasteiger partial charge in [0.2, 0.25) is 11.8 Å². The zero-order chi connectivity index (χ0) is 63.4. The van der Waals surface area contributed by atoms with Crippen molar-refractivity contribution in [3.63, 3.8) is 0 Å². The SMILES string of the molecule is CC.CC.CC.CC.CC.CC.CC.CC.CC.CC.CC.CC.CC(=O)O.CC(=O)O.CC(=O)O.CC(=O)O.CN.CN.CNC(C)=O.CNC(C)=O.CO.CO.COC(C)=O.COC(C)=O. The van der Waals surface area contributed by atoms with E-state index in [1.54, 1.807) is 14.1 Å². The number of ether oxygens (including phenoxy) is 2. The van der Waals surface area contributed by atoms with Crippen LogP contribution in [-0.4, -0.2) is 135 Å². The molecule has 0 aromatic rings. The normalized spacial score (nSPS) is 4.88. The van der Waals surface area contributed by atoms with Crippen LogP contribution < -0.4 is 22.1 Å². The van der Waals surface area contributed by atoms with E-state index in [-0.39, 0.29) is 23.8 Å². The van der Waals surface area contributed by atoms with Crippen molar-refractivity contribution >= 4 is 47.6 Å². The minimum atomic E-state index is -0.833. The molecule has 0 atom stereocenters. The fraction of sp³-hybridized carbons (Fsp3) is 0.833. The summed E-state index contributed by atoms with van der Waals surface area (Å²) in [6.07, 6.45) is 0. The van der Waals surface area contributed by atoms with Gasteiger partial charge >= 0.3 is 11.9 Å². The highest BCUT2D eigenvalue weighted by molar-refractivity contribution is 5.72. The molecular formula is C48H132N4O16. The number of amides is 2. The molecule has 20 heteroatoms. The van der Waals surface area contributed by atoms with E-state index in [0.29, 0.717) is 0 Å². The monoisotopic (exact) mass is 1020 g/mol. The number of rotatable bonds is 0. The van der Waals surface area contributed by atoms with E-state index in [4.69, 9.17) is 49.8 Å². The van der Waals surface area contributed by atoms with Gasteiger partial charge < -0.3 is 62.2 Å². The van der Waals surface area contributed by atoms with Gasteiger partial charge in [-0.1, -0.05) is 166 Å². The van der Waals surface area contributed by atoms with E-state index in [0.717, 1.165) is 41.9 Å². The standard InChI is InChI=1S/2C3H7NO.2C3H6O2.4C2H4O2.12C2H6.2CH5N.2CH4O/c2*1-3(5)4-2;2*1-3(4)5-2;4*1-2(3)4;16*1-2/h2*1-2H3,(H,4,5);2*1-2H3;4*1H3,(H,3,4);12*1-2H3;2*2H2,1H3;2*2H,1H3. The first kappa shape index (κ1) is 159. The predicted molar refractivity (Wildman–Crippen MR) is 301 cm³/mol. The number of carbonyl (C=O) groups is 8. The lowest BCUT2D eigenvalue weighted by Gasteiger charge is -1.80. The van der Waals surface area contributed by atoms with E-state index in [2.05, 4.69) is 31.6 Å². The van der Waals surface area contributed by atoms with E-state index in [1.165, 1.54) is 56.0 Å². The Bertz CT molecular complexity index is 515. The Morgan fingerprint density at radius 2 is 0.324 bits per heavy atom. The molecule has 440 valence electrons. The molecule has 0 aliphatic carbocycles. The van der Waals surface area contributed by atoms with Gasteiger partial charge in [0.1, 0.15) is 0 Å². The lowest BCUT2D eigenvalue weighted by atomic mass is 10.7. The molecular weight excluding hydrogens is 889 g/mol. The van der Waals surface area contributed by atoms with E-state index >= 15 is 0 Å². The lowest BCUT2D eigenvalue weighted by molar-refractivity contribution is -0.138. The van der Waals surface area contributed by atoms with Gasteiger partial charge in [-0.15, -0.1) is 0 Å². The summed E-state index contributed by atoms with van der Waals surface area (Å²) in [5.41, 5.74) is 9.00. The molecule has 2 amide bonds. The summed E-state index contributed by atoms with van der Waals surface area (Å²) >= 11 is 0.